The highest BCUT2D eigenvalue weighted by Crippen LogP contribution is 2.33. The second-order valence-electron chi connectivity index (χ2n) is 8.25. The first-order valence-corrected chi connectivity index (χ1v) is 11.5. The highest BCUT2D eigenvalue weighted by Gasteiger charge is 2.17. The predicted molar refractivity (Wildman–Crippen MR) is 139 cm³/mol. The van der Waals surface area contributed by atoms with Crippen LogP contribution >= 0.6 is 0 Å². The third-order valence-corrected chi connectivity index (χ3v) is 5.92. The Kier molecular flexibility index (Phi) is 7.91. The molecule has 7 nitrogen and oxygen atoms in total. The number of fused-ring (bicyclic) bond motifs is 1. The van der Waals surface area contributed by atoms with Crippen molar-refractivity contribution in [3.05, 3.63) is 83.6 Å². The largest absolute Gasteiger partial charge is 0.493 e. The number of hydrogen-bond donors (Lipinski definition) is 4. The highest BCUT2D eigenvalue weighted by molar-refractivity contribution is 5.96. The lowest BCUT2D eigenvalue weighted by atomic mass is 9.98. The van der Waals surface area contributed by atoms with Gasteiger partial charge in [0.2, 0.25) is 0 Å². The molecular weight excluding hydrogens is 456 g/mol. The fourth-order valence-corrected chi connectivity index (χ4v) is 4.15. The molecule has 36 heavy (non-hydrogen) atoms. The molecule has 0 radical (unpaired) electrons. The summed E-state index contributed by atoms with van der Waals surface area (Å²) in [6, 6.07) is 18.2. The Morgan fingerprint density at radius 1 is 1.00 bits per heavy atom. The van der Waals surface area contributed by atoms with Gasteiger partial charge in [0.05, 0.1) is 26.9 Å². The lowest BCUT2D eigenvalue weighted by Gasteiger charge is -2.17. The molecule has 4 rings (SSSR count). The number of rotatable bonds is 8. The van der Waals surface area contributed by atoms with Gasteiger partial charge in [-0.05, 0) is 59.5 Å². The van der Waals surface area contributed by atoms with E-state index in [4.69, 9.17) is 14.6 Å². The number of para-hydroxylation sites is 1. The van der Waals surface area contributed by atoms with Gasteiger partial charge in [0, 0.05) is 28.2 Å². The molecule has 0 saturated carbocycles. The molecule has 4 N–H and O–H groups in total. The summed E-state index contributed by atoms with van der Waals surface area (Å²) in [5.41, 5.74) is 4.55. The normalized spacial score (nSPS) is 11.4. The van der Waals surface area contributed by atoms with Crippen LogP contribution in [0.3, 0.4) is 0 Å². The van der Waals surface area contributed by atoms with Crippen LogP contribution in [0.25, 0.3) is 22.0 Å². The lowest BCUT2D eigenvalue weighted by molar-refractivity contribution is 0.0916. The SMILES string of the molecule is COc1ccc(-c2cc(C#CCO)cc(C(=O)NC(CO)Cc3c[nH]c4ccccc34)c2)cc1OC. The van der Waals surface area contributed by atoms with Gasteiger partial charge in [-0.25, -0.2) is 0 Å². The van der Waals surface area contributed by atoms with Crippen molar-refractivity contribution in [1.29, 1.82) is 0 Å². The Labute approximate surface area is 209 Å². The van der Waals surface area contributed by atoms with Crippen LogP contribution < -0.4 is 14.8 Å². The molecule has 0 aliphatic carbocycles. The number of nitrogens with one attached hydrogen (secondary N) is 2. The first-order chi connectivity index (χ1) is 17.6. The Morgan fingerprint density at radius 2 is 1.81 bits per heavy atom. The maximum absolute atomic E-state index is 13.3. The van der Waals surface area contributed by atoms with Crippen LogP contribution in [-0.4, -0.2) is 54.6 Å². The van der Waals surface area contributed by atoms with E-state index in [1.807, 2.05) is 48.7 Å². The minimum Gasteiger partial charge on any atom is -0.493 e. The average molecular weight is 485 g/mol. The maximum Gasteiger partial charge on any atom is 0.251 e. The summed E-state index contributed by atoms with van der Waals surface area (Å²) in [4.78, 5) is 16.5. The number of aliphatic hydroxyl groups is 2. The van der Waals surface area contributed by atoms with Crippen molar-refractivity contribution in [2.24, 2.45) is 0 Å². The van der Waals surface area contributed by atoms with Crippen molar-refractivity contribution in [1.82, 2.24) is 10.3 Å². The van der Waals surface area contributed by atoms with Gasteiger partial charge >= 0.3 is 0 Å². The molecule has 0 spiro atoms. The molecular formula is C29H28N2O5. The van der Waals surface area contributed by atoms with Crippen LogP contribution in [0.1, 0.15) is 21.5 Å². The summed E-state index contributed by atoms with van der Waals surface area (Å²) in [6.07, 6.45) is 2.37. The number of hydrogen-bond acceptors (Lipinski definition) is 5. The smallest absolute Gasteiger partial charge is 0.251 e. The fourth-order valence-electron chi connectivity index (χ4n) is 4.15. The number of aromatic nitrogens is 1. The molecule has 184 valence electrons. The maximum atomic E-state index is 13.3. The average Bonchev–Trinajstić information content (AvgIpc) is 3.33. The molecule has 3 aromatic carbocycles. The zero-order valence-electron chi connectivity index (χ0n) is 20.2. The quantitative estimate of drug-likeness (QED) is 0.287. The van der Waals surface area contributed by atoms with Gasteiger partial charge in [-0.1, -0.05) is 36.1 Å². The number of carbonyl (C=O) groups excluding carboxylic acids is 1. The molecule has 1 atom stereocenters. The van der Waals surface area contributed by atoms with E-state index in [9.17, 15) is 9.90 Å². The Hall–Kier alpha value is -4.25. The molecule has 1 amide bonds. The summed E-state index contributed by atoms with van der Waals surface area (Å²) in [7, 11) is 3.13. The Bertz CT molecular complexity index is 1430. The van der Waals surface area contributed by atoms with Gasteiger partial charge in [-0.3, -0.25) is 4.79 Å². The standard InChI is InChI=1S/C29H28N2O5/c1-35-27-10-9-20(16-28(27)36-2)21-12-19(6-5-11-32)13-22(14-21)29(34)31-24(18-33)15-23-17-30-26-8-4-3-7-25(23)26/h3-4,7-10,12-14,16-17,24,30,32-33H,11,15,18H2,1-2H3,(H,31,34). The van der Waals surface area contributed by atoms with E-state index in [1.165, 1.54) is 0 Å². The van der Waals surface area contributed by atoms with E-state index in [0.717, 1.165) is 27.6 Å². The second-order valence-corrected chi connectivity index (χ2v) is 8.25. The number of carbonyl (C=O) groups is 1. The van der Waals surface area contributed by atoms with Crippen LogP contribution in [0.5, 0.6) is 11.5 Å². The van der Waals surface area contributed by atoms with Crippen LogP contribution in [0.4, 0.5) is 0 Å². The summed E-state index contributed by atoms with van der Waals surface area (Å²) in [5.74, 6) is 6.35. The van der Waals surface area contributed by atoms with Crippen LogP contribution in [-0.2, 0) is 6.42 Å². The van der Waals surface area contributed by atoms with Crippen molar-refractivity contribution in [2.75, 3.05) is 27.4 Å². The van der Waals surface area contributed by atoms with Gasteiger partial charge in [0.1, 0.15) is 6.61 Å². The number of H-pyrrole nitrogens is 1. The number of aromatic amines is 1. The van der Waals surface area contributed by atoms with Crippen molar-refractivity contribution >= 4 is 16.8 Å². The molecule has 7 heteroatoms. The van der Waals surface area contributed by atoms with Gasteiger partial charge in [-0.2, -0.15) is 0 Å². The van der Waals surface area contributed by atoms with Crippen molar-refractivity contribution in [3.63, 3.8) is 0 Å². The molecule has 1 unspecified atom stereocenters. The third-order valence-electron chi connectivity index (χ3n) is 5.92. The van der Waals surface area contributed by atoms with Crippen molar-refractivity contribution < 1.29 is 24.5 Å². The van der Waals surface area contributed by atoms with Gasteiger partial charge in [0.15, 0.2) is 11.5 Å². The van der Waals surface area contributed by atoms with Crippen LogP contribution in [0.15, 0.2) is 66.9 Å². The topological polar surface area (TPSA) is 104 Å². The lowest BCUT2D eigenvalue weighted by Crippen LogP contribution is -2.39. The molecule has 1 heterocycles. The first kappa shape index (κ1) is 24.9. The molecule has 0 fully saturated rings. The second kappa shape index (κ2) is 11.5. The summed E-state index contributed by atoms with van der Waals surface area (Å²) >= 11 is 0. The number of amides is 1. The number of methoxy groups -OCH3 is 2. The van der Waals surface area contributed by atoms with Gasteiger partial charge < -0.3 is 30.0 Å². The van der Waals surface area contributed by atoms with Gasteiger partial charge in [-0.15, -0.1) is 0 Å². The monoisotopic (exact) mass is 484 g/mol. The summed E-state index contributed by atoms with van der Waals surface area (Å²) in [5, 5.41) is 23.2. The zero-order chi connectivity index (χ0) is 25.5. The predicted octanol–water partition coefficient (Wildman–Crippen LogP) is 3.53. The highest BCUT2D eigenvalue weighted by atomic mass is 16.5. The zero-order valence-corrected chi connectivity index (χ0v) is 20.2. The summed E-state index contributed by atoms with van der Waals surface area (Å²) < 4.78 is 10.7. The Balaban J connectivity index is 1.63. The van der Waals surface area contributed by atoms with E-state index in [-0.39, 0.29) is 19.1 Å². The van der Waals surface area contributed by atoms with E-state index >= 15 is 0 Å². The minimum absolute atomic E-state index is 0.211. The van der Waals surface area contributed by atoms with Crippen LogP contribution in [0, 0.1) is 11.8 Å². The van der Waals surface area contributed by atoms with E-state index in [2.05, 4.69) is 22.1 Å². The Morgan fingerprint density at radius 3 is 2.56 bits per heavy atom. The molecule has 0 aliphatic rings. The molecule has 4 aromatic rings. The van der Waals surface area contributed by atoms with E-state index in [0.29, 0.717) is 29.0 Å². The minimum atomic E-state index is -0.478. The summed E-state index contributed by atoms with van der Waals surface area (Å²) in [6.45, 7) is -0.503. The van der Waals surface area contributed by atoms with Crippen LogP contribution in [0.2, 0.25) is 0 Å². The number of ether oxygens (including phenoxy) is 2. The molecule has 0 bridgehead atoms. The number of benzene rings is 3. The first-order valence-electron chi connectivity index (χ1n) is 11.5. The van der Waals surface area contributed by atoms with E-state index < -0.39 is 6.04 Å². The molecule has 1 aromatic heterocycles. The van der Waals surface area contributed by atoms with Gasteiger partial charge in [0.25, 0.3) is 5.91 Å². The van der Waals surface area contributed by atoms with Crippen molar-refractivity contribution in [2.45, 2.75) is 12.5 Å². The van der Waals surface area contributed by atoms with E-state index in [1.54, 1.807) is 32.4 Å². The number of aliphatic hydroxyl groups excluding tert-OH is 2. The molecule has 0 saturated heterocycles. The third kappa shape index (κ3) is 5.52. The molecule has 0 aliphatic heterocycles. The fraction of sp³-hybridized carbons (Fsp3) is 0.207. The van der Waals surface area contributed by atoms with Crippen molar-refractivity contribution in [3.8, 4) is 34.5 Å².